The van der Waals surface area contributed by atoms with E-state index in [9.17, 15) is 4.79 Å². The molecule has 156 valence electrons. The number of fused-ring (bicyclic) bond motifs is 3. The fraction of sp³-hybridized carbons (Fsp3) is 0.200. The van der Waals surface area contributed by atoms with Crippen molar-refractivity contribution in [1.82, 2.24) is 4.90 Å². The average Bonchev–Trinajstić information content (AvgIpc) is 3.23. The van der Waals surface area contributed by atoms with Crippen LogP contribution in [-0.2, 0) is 6.42 Å². The zero-order chi connectivity index (χ0) is 21.4. The van der Waals surface area contributed by atoms with Gasteiger partial charge in [0.15, 0.2) is 23.5 Å². The number of methoxy groups -OCH3 is 2. The quantitative estimate of drug-likeness (QED) is 0.585. The van der Waals surface area contributed by atoms with Crippen molar-refractivity contribution < 1.29 is 14.3 Å². The predicted octanol–water partition coefficient (Wildman–Crippen LogP) is 4.28. The van der Waals surface area contributed by atoms with Gasteiger partial charge in [0.2, 0.25) is 5.78 Å². The lowest BCUT2D eigenvalue weighted by atomic mass is 9.95. The van der Waals surface area contributed by atoms with E-state index < -0.39 is 0 Å². The number of benzene rings is 3. The number of ketones is 1. The molecule has 2 aliphatic rings. The first-order chi connectivity index (χ1) is 15.2. The van der Waals surface area contributed by atoms with Gasteiger partial charge in [-0.3, -0.25) is 4.79 Å². The molecule has 1 atom stereocenters. The molecule has 5 rings (SSSR count). The van der Waals surface area contributed by atoms with Gasteiger partial charge in [-0.25, -0.2) is 5.01 Å². The van der Waals surface area contributed by atoms with Crippen LogP contribution in [0.15, 0.2) is 77.9 Å². The molecule has 0 amide bonds. The number of rotatable bonds is 5. The molecular weight excluding hydrogens is 390 g/mol. The van der Waals surface area contributed by atoms with Crippen molar-refractivity contribution in [3.05, 3.63) is 89.5 Å². The largest absolute Gasteiger partial charge is 0.493 e. The number of carbonyl (C=O) groups is 1. The Morgan fingerprint density at radius 1 is 0.935 bits per heavy atom. The van der Waals surface area contributed by atoms with Crippen LogP contribution in [0.3, 0.4) is 0 Å². The predicted molar refractivity (Wildman–Crippen MR) is 120 cm³/mol. The Morgan fingerprint density at radius 3 is 2.26 bits per heavy atom. The summed E-state index contributed by atoms with van der Waals surface area (Å²) >= 11 is 0. The second-order valence-corrected chi connectivity index (χ2v) is 7.52. The van der Waals surface area contributed by atoms with E-state index in [1.165, 1.54) is 5.56 Å². The molecule has 6 heteroatoms. The van der Waals surface area contributed by atoms with Crippen molar-refractivity contribution in [3.63, 3.8) is 0 Å². The first-order valence-electron chi connectivity index (χ1n) is 10.3. The lowest BCUT2D eigenvalue weighted by molar-refractivity contribution is 0.104. The third-order valence-corrected chi connectivity index (χ3v) is 5.81. The standard InChI is InChI=1S/C25H23N3O3/c1-30-21-15-18-13-14-27-24(23(29)17-9-5-3-6-10-17)26-28(19-11-7-4-8-12-19)25(27)20(18)16-22(21)31-2/h3-12,15-16,25H,13-14H2,1-2H3. The maximum Gasteiger partial charge on any atom is 0.229 e. The minimum Gasteiger partial charge on any atom is -0.493 e. The number of ether oxygens (including phenoxy) is 2. The van der Waals surface area contributed by atoms with Crippen LogP contribution in [0.1, 0.15) is 27.7 Å². The van der Waals surface area contributed by atoms with E-state index in [1.807, 2.05) is 77.8 Å². The Bertz CT molecular complexity index is 1150. The van der Waals surface area contributed by atoms with Gasteiger partial charge in [-0.1, -0.05) is 48.5 Å². The third kappa shape index (κ3) is 3.20. The Kier molecular flexibility index (Phi) is 4.82. The highest BCUT2D eigenvalue weighted by Crippen LogP contribution is 2.44. The fourth-order valence-corrected chi connectivity index (χ4v) is 4.30. The highest BCUT2D eigenvalue weighted by atomic mass is 16.5. The molecule has 3 aromatic carbocycles. The fourth-order valence-electron chi connectivity index (χ4n) is 4.30. The van der Waals surface area contributed by atoms with Gasteiger partial charge in [-0.15, -0.1) is 5.10 Å². The number of hydrogen-bond acceptors (Lipinski definition) is 6. The molecule has 2 heterocycles. The highest BCUT2D eigenvalue weighted by molar-refractivity contribution is 6.45. The maximum atomic E-state index is 13.4. The van der Waals surface area contributed by atoms with Gasteiger partial charge in [0.05, 0.1) is 19.9 Å². The number of anilines is 1. The van der Waals surface area contributed by atoms with E-state index in [0.29, 0.717) is 29.4 Å². The zero-order valence-corrected chi connectivity index (χ0v) is 17.5. The number of para-hydroxylation sites is 1. The van der Waals surface area contributed by atoms with Crippen molar-refractivity contribution in [2.24, 2.45) is 5.10 Å². The van der Waals surface area contributed by atoms with E-state index in [4.69, 9.17) is 14.6 Å². The summed E-state index contributed by atoms with van der Waals surface area (Å²) in [7, 11) is 3.28. The molecule has 0 spiro atoms. The van der Waals surface area contributed by atoms with Gasteiger partial charge in [-0.05, 0) is 36.2 Å². The third-order valence-electron chi connectivity index (χ3n) is 5.81. The van der Waals surface area contributed by atoms with E-state index in [2.05, 4.69) is 4.90 Å². The Hall–Kier alpha value is -3.80. The molecule has 2 aliphatic heterocycles. The number of amidine groups is 1. The molecule has 0 aromatic heterocycles. The smallest absolute Gasteiger partial charge is 0.229 e. The molecule has 0 radical (unpaired) electrons. The molecule has 0 bridgehead atoms. The van der Waals surface area contributed by atoms with E-state index in [0.717, 1.165) is 17.7 Å². The van der Waals surface area contributed by atoms with Crippen molar-refractivity contribution in [2.75, 3.05) is 25.8 Å². The number of Topliss-reactive ketones (excluding diaryl/α,β-unsaturated/α-hetero) is 1. The summed E-state index contributed by atoms with van der Waals surface area (Å²) in [6.45, 7) is 0.688. The van der Waals surface area contributed by atoms with Gasteiger partial charge >= 0.3 is 0 Å². The summed E-state index contributed by atoms with van der Waals surface area (Å²) in [4.78, 5) is 15.5. The minimum absolute atomic E-state index is 0.0760. The summed E-state index contributed by atoms with van der Waals surface area (Å²) < 4.78 is 11.1. The first-order valence-corrected chi connectivity index (χ1v) is 10.3. The number of carbonyl (C=O) groups excluding carboxylic acids is 1. The van der Waals surface area contributed by atoms with Gasteiger partial charge in [-0.2, -0.15) is 0 Å². The van der Waals surface area contributed by atoms with Crippen molar-refractivity contribution in [2.45, 2.75) is 12.6 Å². The number of hydrogen-bond donors (Lipinski definition) is 0. The molecule has 6 nitrogen and oxygen atoms in total. The van der Waals surface area contributed by atoms with Crippen LogP contribution in [0.25, 0.3) is 0 Å². The van der Waals surface area contributed by atoms with Crippen molar-refractivity contribution in [3.8, 4) is 11.5 Å². The number of hydrazone groups is 1. The average molecular weight is 413 g/mol. The number of nitrogens with zero attached hydrogens (tertiary/aromatic N) is 3. The summed E-state index contributed by atoms with van der Waals surface area (Å²) in [5.41, 5.74) is 3.79. The summed E-state index contributed by atoms with van der Waals surface area (Å²) in [6.07, 6.45) is 0.559. The topological polar surface area (TPSA) is 54.4 Å². The second kappa shape index (κ2) is 7.80. The van der Waals surface area contributed by atoms with Crippen LogP contribution in [0.4, 0.5) is 5.69 Å². The molecular formula is C25H23N3O3. The Morgan fingerprint density at radius 2 is 1.58 bits per heavy atom. The van der Waals surface area contributed by atoms with E-state index in [1.54, 1.807) is 14.2 Å². The van der Waals surface area contributed by atoms with E-state index >= 15 is 0 Å². The van der Waals surface area contributed by atoms with Crippen LogP contribution in [0, 0.1) is 0 Å². The van der Waals surface area contributed by atoms with Gasteiger partial charge in [0.25, 0.3) is 0 Å². The van der Waals surface area contributed by atoms with Gasteiger partial charge in [0, 0.05) is 17.7 Å². The molecule has 0 N–H and O–H groups in total. The van der Waals surface area contributed by atoms with Crippen LogP contribution >= 0.6 is 0 Å². The normalized spacial score (nSPS) is 17.0. The molecule has 0 saturated carbocycles. The first kappa shape index (κ1) is 19.2. The summed E-state index contributed by atoms with van der Waals surface area (Å²) in [5.74, 6) is 1.76. The lowest BCUT2D eigenvalue weighted by Crippen LogP contribution is -2.42. The lowest BCUT2D eigenvalue weighted by Gasteiger charge is -2.37. The maximum absolute atomic E-state index is 13.4. The summed E-state index contributed by atoms with van der Waals surface area (Å²) in [6, 6.07) is 23.3. The monoisotopic (exact) mass is 413 g/mol. The van der Waals surface area contributed by atoms with Crippen LogP contribution in [0.2, 0.25) is 0 Å². The molecule has 0 fully saturated rings. The Balaban J connectivity index is 1.63. The molecule has 3 aromatic rings. The Labute approximate surface area is 181 Å². The van der Waals surface area contributed by atoms with E-state index in [-0.39, 0.29) is 11.9 Å². The molecule has 0 aliphatic carbocycles. The van der Waals surface area contributed by atoms with Crippen LogP contribution in [0.5, 0.6) is 11.5 Å². The van der Waals surface area contributed by atoms with Crippen molar-refractivity contribution >= 4 is 17.3 Å². The zero-order valence-electron chi connectivity index (χ0n) is 17.5. The molecule has 0 saturated heterocycles. The van der Waals surface area contributed by atoms with Crippen molar-refractivity contribution in [1.29, 1.82) is 0 Å². The van der Waals surface area contributed by atoms with Crippen LogP contribution < -0.4 is 14.5 Å². The molecule has 31 heavy (non-hydrogen) atoms. The second-order valence-electron chi connectivity index (χ2n) is 7.52. The van der Waals surface area contributed by atoms with Gasteiger partial charge < -0.3 is 14.4 Å². The summed E-state index contributed by atoms with van der Waals surface area (Å²) in [5, 5.41) is 6.76. The van der Waals surface area contributed by atoms with Gasteiger partial charge in [0.1, 0.15) is 0 Å². The SMILES string of the molecule is COc1cc2c(cc1OC)C1N(CC2)C(C(=O)c2ccccc2)=NN1c1ccccc1. The molecule has 1 unspecified atom stereocenters. The highest BCUT2D eigenvalue weighted by Gasteiger charge is 2.43. The van der Waals surface area contributed by atoms with Crippen LogP contribution in [-0.4, -0.2) is 37.3 Å². The minimum atomic E-state index is -0.228.